The fraction of sp³-hybridized carbons (Fsp3) is 0.400. The van der Waals surface area contributed by atoms with Crippen LogP contribution in [0.3, 0.4) is 0 Å². The summed E-state index contributed by atoms with van der Waals surface area (Å²) in [4.78, 5) is 13.4. The van der Waals surface area contributed by atoms with Gasteiger partial charge in [-0.1, -0.05) is 25.1 Å². The largest absolute Gasteiger partial charge is 0.466 e. The third-order valence-corrected chi connectivity index (χ3v) is 2.82. The van der Waals surface area contributed by atoms with E-state index in [1.54, 1.807) is 6.07 Å². The first-order valence-corrected chi connectivity index (χ1v) is 6.27. The molecule has 0 aromatic heterocycles. The summed E-state index contributed by atoms with van der Waals surface area (Å²) in [6.45, 7) is 3.16. The zero-order valence-corrected chi connectivity index (χ0v) is 11.6. The third-order valence-electron chi connectivity index (χ3n) is 2.82. The number of ether oxygens (including phenoxy) is 1. The second-order valence-electron chi connectivity index (χ2n) is 4.40. The lowest BCUT2D eigenvalue weighted by Crippen LogP contribution is -2.19. The number of methoxy groups -OCH3 is 1. The molecule has 0 bridgehead atoms. The minimum atomic E-state index is -0.290. The topological polar surface area (TPSA) is 29.5 Å². The number of halogens is 1. The van der Waals surface area contributed by atoms with E-state index in [0.29, 0.717) is 25.1 Å². The second kappa shape index (κ2) is 7.69. The van der Waals surface area contributed by atoms with E-state index in [1.165, 1.54) is 19.2 Å². The molecule has 0 atom stereocenters. The Morgan fingerprint density at radius 1 is 1.47 bits per heavy atom. The van der Waals surface area contributed by atoms with Crippen molar-refractivity contribution in [1.29, 1.82) is 0 Å². The number of likely N-dealkylation sites (N-methyl/N-ethyl adjacent to an activating group) is 1. The average Bonchev–Trinajstić information content (AvgIpc) is 2.39. The Hall–Kier alpha value is -1.68. The van der Waals surface area contributed by atoms with Gasteiger partial charge in [-0.2, -0.15) is 0 Å². The van der Waals surface area contributed by atoms with Crippen molar-refractivity contribution in [3.05, 3.63) is 47.3 Å². The minimum Gasteiger partial charge on any atom is -0.466 e. The Labute approximate surface area is 113 Å². The predicted molar refractivity (Wildman–Crippen MR) is 73.1 cm³/mol. The number of nitrogens with zero attached hydrogens (tertiary/aromatic N) is 1. The minimum absolute atomic E-state index is 0.231. The Morgan fingerprint density at radius 2 is 2.21 bits per heavy atom. The van der Waals surface area contributed by atoms with Gasteiger partial charge in [-0.05, 0) is 31.2 Å². The quantitative estimate of drug-likeness (QED) is 0.585. The van der Waals surface area contributed by atoms with E-state index in [9.17, 15) is 9.18 Å². The molecule has 0 fully saturated rings. The SMILES string of the molecule is CCC(=CCN(C)Cc1cccc(F)c1)C(=O)OC. The highest BCUT2D eigenvalue weighted by molar-refractivity contribution is 5.88. The van der Waals surface area contributed by atoms with Crippen molar-refractivity contribution in [2.24, 2.45) is 0 Å². The van der Waals surface area contributed by atoms with Gasteiger partial charge in [0.2, 0.25) is 0 Å². The van der Waals surface area contributed by atoms with E-state index in [0.717, 1.165) is 5.56 Å². The summed E-state index contributed by atoms with van der Waals surface area (Å²) in [5, 5.41) is 0. The number of esters is 1. The fourth-order valence-corrected chi connectivity index (χ4v) is 1.78. The summed E-state index contributed by atoms with van der Waals surface area (Å²) in [6, 6.07) is 6.52. The first kappa shape index (κ1) is 15.4. The molecule has 0 aliphatic heterocycles. The van der Waals surface area contributed by atoms with Crippen LogP contribution in [0.2, 0.25) is 0 Å². The standard InChI is InChI=1S/C15H20FNO2/c1-4-13(15(18)19-3)8-9-17(2)11-12-6-5-7-14(16)10-12/h5-8,10H,4,9,11H2,1-3H3. The lowest BCUT2D eigenvalue weighted by Gasteiger charge is -2.15. The monoisotopic (exact) mass is 265 g/mol. The molecule has 0 radical (unpaired) electrons. The van der Waals surface area contributed by atoms with Crippen LogP contribution in [-0.2, 0) is 16.1 Å². The van der Waals surface area contributed by atoms with E-state index in [1.807, 2.05) is 31.0 Å². The van der Waals surface area contributed by atoms with Gasteiger partial charge in [0.25, 0.3) is 0 Å². The van der Waals surface area contributed by atoms with E-state index in [-0.39, 0.29) is 11.8 Å². The summed E-state index contributed by atoms with van der Waals surface area (Å²) in [7, 11) is 3.30. The van der Waals surface area contributed by atoms with Crippen LogP contribution in [-0.4, -0.2) is 31.6 Å². The summed E-state index contributed by atoms with van der Waals surface area (Å²) < 4.78 is 17.7. The lowest BCUT2D eigenvalue weighted by atomic mass is 10.2. The smallest absolute Gasteiger partial charge is 0.333 e. The number of carbonyl (C=O) groups is 1. The Morgan fingerprint density at radius 3 is 2.79 bits per heavy atom. The number of rotatable bonds is 6. The van der Waals surface area contributed by atoms with Crippen LogP contribution in [0.5, 0.6) is 0 Å². The molecule has 0 aliphatic rings. The normalized spacial score (nSPS) is 11.7. The van der Waals surface area contributed by atoms with Crippen LogP contribution >= 0.6 is 0 Å². The maximum absolute atomic E-state index is 13.0. The third kappa shape index (κ3) is 5.22. The van der Waals surface area contributed by atoms with Crippen LogP contribution in [0, 0.1) is 5.82 Å². The van der Waals surface area contributed by atoms with E-state index >= 15 is 0 Å². The van der Waals surface area contributed by atoms with Crippen LogP contribution in [0.15, 0.2) is 35.9 Å². The maximum atomic E-state index is 13.0. The van der Waals surface area contributed by atoms with Crippen molar-refractivity contribution < 1.29 is 13.9 Å². The molecule has 0 spiro atoms. The highest BCUT2D eigenvalue weighted by atomic mass is 19.1. The molecule has 19 heavy (non-hydrogen) atoms. The molecule has 0 N–H and O–H groups in total. The first-order chi connectivity index (χ1) is 9.06. The highest BCUT2D eigenvalue weighted by Gasteiger charge is 2.07. The summed E-state index contributed by atoms with van der Waals surface area (Å²) in [6.07, 6.45) is 2.49. The van der Waals surface area contributed by atoms with Crippen molar-refractivity contribution >= 4 is 5.97 Å². The Balaban J connectivity index is 2.57. The summed E-state index contributed by atoms with van der Waals surface area (Å²) >= 11 is 0. The molecule has 1 aromatic carbocycles. The lowest BCUT2D eigenvalue weighted by molar-refractivity contribution is -0.136. The van der Waals surface area contributed by atoms with Crippen molar-refractivity contribution in [3.8, 4) is 0 Å². The van der Waals surface area contributed by atoms with E-state index < -0.39 is 0 Å². The van der Waals surface area contributed by atoms with Gasteiger partial charge in [0.1, 0.15) is 5.82 Å². The molecule has 1 aromatic rings. The molecule has 104 valence electrons. The molecule has 0 heterocycles. The summed E-state index contributed by atoms with van der Waals surface area (Å²) in [5.74, 6) is -0.521. The fourth-order valence-electron chi connectivity index (χ4n) is 1.78. The molecule has 1 rings (SSSR count). The van der Waals surface area contributed by atoms with Crippen LogP contribution < -0.4 is 0 Å². The van der Waals surface area contributed by atoms with Crippen LogP contribution in [0.1, 0.15) is 18.9 Å². The number of hydrogen-bond donors (Lipinski definition) is 0. The molecule has 0 saturated carbocycles. The molecule has 0 unspecified atom stereocenters. The van der Waals surface area contributed by atoms with Crippen molar-refractivity contribution in [2.75, 3.05) is 20.7 Å². The molecule has 4 heteroatoms. The van der Waals surface area contributed by atoms with E-state index in [2.05, 4.69) is 0 Å². The molecule has 0 amide bonds. The molecule has 3 nitrogen and oxygen atoms in total. The van der Waals surface area contributed by atoms with Gasteiger partial charge in [0.05, 0.1) is 7.11 Å². The molecular formula is C15H20FNO2. The second-order valence-corrected chi connectivity index (χ2v) is 4.40. The van der Waals surface area contributed by atoms with Crippen LogP contribution in [0.4, 0.5) is 4.39 Å². The zero-order valence-electron chi connectivity index (χ0n) is 11.6. The van der Waals surface area contributed by atoms with Gasteiger partial charge in [-0.3, -0.25) is 4.90 Å². The predicted octanol–water partition coefficient (Wildman–Crippen LogP) is 2.77. The number of benzene rings is 1. The van der Waals surface area contributed by atoms with Crippen molar-refractivity contribution in [3.63, 3.8) is 0 Å². The van der Waals surface area contributed by atoms with Gasteiger partial charge in [0, 0.05) is 18.7 Å². The molecule has 0 saturated heterocycles. The van der Waals surface area contributed by atoms with Gasteiger partial charge in [-0.15, -0.1) is 0 Å². The van der Waals surface area contributed by atoms with Gasteiger partial charge < -0.3 is 4.74 Å². The Kier molecular flexibility index (Phi) is 6.22. The summed E-state index contributed by atoms with van der Waals surface area (Å²) in [5.41, 5.74) is 1.57. The first-order valence-electron chi connectivity index (χ1n) is 6.27. The highest BCUT2D eigenvalue weighted by Crippen LogP contribution is 2.08. The van der Waals surface area contributed by atoms with Crippen molar-refractivity contribution in [2.45, 2.75) is 19.9 Å². The van der Waals surface area contributed by atoms with Crippen molar-refractivity contribution in [1.82, 2.24) is 4.90 Å². The Bertz CT molecular complexity index is 457. The average molecular weight is 265 g/mol. The zero-order chi connectivity index (χ0) is 14.3. The number of carbonyl (C=O) groups excluding carboxylic acids is 1. The molecular weight excluding hydrogens is 245 g/mol. The number of hydrogen-bond acceptors (Lipinski definition) is 3. The maximum Gasteiger partial charge on any atom is 0.333 e. The molecule has 0 aliphatic carbocycles. The van der Waals surface area contributed by atoms with Crippen LogP contribution in [0.25, 0.3) is 0 Å². The van der Waals surface area contributed by atoms with Gasteiger partial charge in [-0.25, -0.2) is 9.18 Å². The van der Waals surface area contributed by atoms with Gasteiger partial charge >= 0.3 is 5.97 Å². The van der Waals surface area contributed by atoms with E-state index in [4.69, 9.17) is 4.74 Å². The van der Waals surface area contributed by atoms with Gasteiger partial charge in [0.15, 0.2) is 0 Å².